The summed E-state index contributed by atoms with van der Waals surface area (Å²) in [5.74, 6) is 4.61. The van der Waals surface area contributed by atoms with Crippen LogP contribution in [-0.4, -0.2) is 78.5 Å². The molecule has 0 atom stereocenters. The zero-order valence-electron chi connectivity index (χ0n) is 20.1. The minimum Gasteiger partial charge on any atom is -0.457 e. The minimum atomic E-state index is -0.593. The molecule has 0 unspecified atom stereocenters. The maximum atomic E-state index is 11.1. The van der Waals surface area contributed by atoms with E-state index >= 15 is 0 Å². The van der Waals surface area contributed by atoms with E-state index in [1.165, 1.54) is 16.8 Å². The third kappa shape index (κ3) is 18.4. The van der Waals surface area contributed by atoms with Crippen LogP contribution in [0.4, 0.5) is 0 Å². The van der Waals surface area contributed by atoms with Crippen molar-refractivity contribution in [2.75, 3.05) is 19.1 Å². The fourth-order valence-corrected chi connectivity index (χ4v) is 1.44. The second kappa shape index (κ2) is 23.8. The molecule has 0 bridgehead atoms. The second-order valence-electron chi connectivity index (χ2n) is 5.31. The number of esters is 2. The van der Waals surface area contributed by atoms with E-state index in [1.54, 1.807) is 36.7 Å². The number of carbonyl (C=O) groups excluding carboxylic acids is 2. The van der Waals surface area contributed by atoms with Gasteiger partial charge in [-0.3, -0.25) is 4.68 Å². The number of nitrogens with zero attached hydrogens (tertiary/aromatic N) is 1. The molecular formula is C20H31B6N3O4. The molecule has 0 fully saturated rings. The molecule has 0 spiro atoms. The predicted molar refractivity (Wildman–Crippen MR) is 144 cm³/mol. The molecular weight excluding hydrogens is 411 g/mol. The third-order valence-corrected chi connectivity index (χ3v) is 2.91. The van der Waals surface area contributed by atoms with Crippen molar-refractivity contribution < 1.29 is 19.1 Å². The van der Waals surface area contributed by atoms with Crippen molar-refractivity contribution in [1.82, 2.24) is 9.66 Å². The maximum absolute atomic E-state index is 11.1. The molecule has 2 rings (SSSR count). The SMILES string of the molecule is C=CCOC(=O)c1ccc[nH]1.C=CCOC(=O)c1cccn1N.CC.CC.[B]B([B])B([B])[B]. The van der Waals surface area contributed by atoms with Gasteiger partial charge >= 0.3 is 11.9 Å². The molecule has 0 aliphatic heterocycles. The molecule has 168 valence electrons. The molecule has 0 amide bonds. The molecule has 2 aromatic rings. The molecule has 8 radical (unpaired) electrons. The summed E-state index contributed by atoms with van der Waals surface area (Å²) in [6, 6.07) is 6.66. The molecule has 0 aliphatic rings. The van der Waals surface area contributed by atoms with Crippen molar-refractivity contribution in [3.8, 4) is 0 Å². The monoisotopic (exact) mass is 443 g/mol. The Morgan fingerprint density at radius 2 is 1.45 bits per heavy atom. The number of nitrogen functional groups attached to an aromatic ring is 1. The van der Waals surface area contributed by atoms with Crippen LogP contribution in [0.15, 0.2) is 62.0 Å². The summed E-state index contributed by atoms with van der Waals surface area (Å²) in [5.41, 5.74) is 0.795. The van der Waals surface area contributed by atoms with E-state index in [2.05, 4.69) is 18.1 Å². The summed E-state index contributed by atoms with van der Waals surface area (Å²) in [4.78, 5) is 24.8. The van der Waals surface area contributed by atoms with Gasteiger partial charge in [0.15, 0.2) is 0 Å². The topological polar surface area (TPSA) is 99.3 Å². The number of aromatic nitrogens is 2. The summed E-state index contributed by atoms with van der Waals surface area (Å²) in [7, 11) is 19.9. The first kappa shape index (κ1) is 34.8. The van der Waals surface area contributed by atoms with Gasteiger partial charge in [0.2, 0.25) is 0 Å². The van der Waals surface area contributed by atoms with Gasteiger partial charge in [0.1, 0.15) is 24.6 Å². The normalized spacial score (nSPS) is 8.12. The lowest BCUT2D eigenvalue weighted by atomic mass is 8.81. The average Bonchev–Trinajstić information content (AvgIpc) is 3.51. The van der Waals surface area contributed by atoms with E-state index in [9.17, 15) is 9.59 Å². The van der Waals surface area contributed by atoms with E-state index in [1.807, 2.05) is 27.7 Å². The van der Waals surface area contributed by atoms with Crippen molar-refractivity contribution >= 4 is 55.7 Å². The first-order valence-corrected chi connectivity index (χ1v) is 10.4. The van der Waals surface area contributed by atoms with Crippen molar-refractivity contribution in [2.45, 2.75) is 27.7 Å². The number of hydrogen-bond donors (Lipinski definition) is 2. The Morgan fingerprint density at radius 1 is 0.970 bits per heavy atom. The first-order chi connectivity index (χ1) is 15.7. The van der Waals surface area contributed by atoms with Gasteiger partial charge in [0, 0.05) is 56.1 Å². The highest BCUT2D eigenvalue weighted by Gasteiger charge is 2.09. The fraction of sp³-hybridized carbons (Fsp3) is 0.300. The van der Waals surface area contributed by atoms with Gasteiger partial charge in [-0.1, -0.05) is 53.0 Å². The maximum Gasteiger partial charge on any atom is 0.357 e. The van der Waals surface area contributed by atoms with Crippen LogP contribution in [0.2, 0.25) is 0 Å². The van der Waals surface area contributed by atoms with Gasteiger partial charge in [0.25, 0.3) is 0 Å². The number of nitrogens with two attached hydrogens (primary N) is 1. The molecule has 13 heteroatoms. The highest BCUT2D eigenvalue weighted by Crippen LogP contribution is 2.00. The van der Waals surface area contributed by atoms with Gasteiger partial charge in [-0.2, -0.15) is 0 Å². The number of H-pyrrole nitrogens is 1. The Morgan fingerprint density at radius 3 is 1.79 bits per heavy atom. The predicted octanol–water partition coefficient (Wildman–Crippen LogP) is 1.67. The summed E-state index contributed by atoms with van der Waals surface area (Å²) in [6.07, 6.45) is 5.09. The number of rotatable bonds is 7. The van der Waals surface area contributed by atoms with Crippen LogP contribution in [0.5, 0.6) is 0 Å². The average molecular weight is 442 g/mol. The van der Waals surface area contributed by atoms with E-state index in [-0.39, 0.29) is 19.2 Å². The minimum absolute atomic E-state index is 0.198. The molecule has 7 nitrogen and oxygen atoms in total. The molecule has 0 saturated heterocycles. The molecule has 2 heterocycles. The van der Waals surface area contributed by atoms with Crippen molar-refractivity contribution in [1.29, 1.82) is 0 Å². The van der Waals surface area contributed by atoms with Crippen molar-refractivity contribution in [3.05, 3.63) is 73.4 Å². The highest BCUT2D eigenvalue weighted by molar-refractivity contribution is 7.76. The Bertz CT molecular complexity index is 747. The fourth-order valence-electron chi connectivity index (χ4n) is 1.44. The highest BCUT2D eigenvalue weighted by atomic mass is 16.5. The largest absolute Gasteiger partial charge is 0.457 e. The van der Waals surface area contributed by atoms with E-state index < -0.39 is 18.7 Å². The molecule has 33 heavy (non-hydrogen) atoms. The zero-order valence-corrected chi connectivity index (χ0v) is 20.1. The number of carbonyl (C=O) groups is 2. The quantitative estimate of drug-likeness (QED) is 0.294. The standard InChI is InChI=1S/C8H10N2O2.C8H9NO2.2C2H6.B6/c1-2-6-12-8(11)7-4-3-5-10(7)9;1-2-6-11-8(10)7-4-3-5-9-7;2*1-2;1-5(2)6(3)4/h2-5H,1,6,9H2;2-5,9H,1,6H2;2*1-2H3;. The molecule has 0 aromatic carbocycles. The molecule has 0 aliphatic carbocycles. The van der Waals surface area contributed by atoms with Crippen molar-refractivity contribution in [3.63, 3.8) is 0 Å². The van der Waals surface area contributed by atoms with Crippen LogP contribution in [0.3, 0.4) is 0 Å². The number of nitrogens with one attached hydrogen (secondary N) is 1. The number of hydrogen-bond acceptors (Lipinski definition) is 5. The third-order valence-electron chi connectivity index (χ3n) is 2.91. The van der Waals surface area contributed by atoms with Gasteiger partial charge in [-0.05, 0) is 24.3 Å². The first-order valence-electron chi connectivity index (χ1n) is 10.4. The lowest BCUT2D eigenvalue weighted by Gasteiger charge is -2.01. The van der Waals surface area contributed by atoms with Crippen LogP contribution in [0.1, 0.15) is 48.7 Å². The van der Waals surface area contributed by atoms with Crippen LogP contribution in [0, 0.1) is 0 Å². The van der Waals surface area contributed by atoms with E-state index in [0.717, 1.165) is 0 Å². The second-order valence-corrected chi connectivity index (χ2v) is 5.31. The Hall–Kier alpha value is -2.83. The van der Waals surface area contributed by atoms with Gasteiger partial charge < -0.3 is 20.3 Å². The van der Waals surface area contributed by atoms with Crippen molar-refractivity contribution in [2.24, 2.45) is 0 Å². The number of ether oxygens (including phenoxy) is 2. The molecule has 3 N–H and O–H groups in total. The Kier molecular flexibility index (Phi) is 25.1. The lowest BCUT2D eigenvalue weighted by Crippen LogP contribution is -2.38. The molecule has 2 aromatic heterocycles. The van der Waals surface area contributed by atoms with Crippen LogP contribution >= 0.6 is 0 Å². The van der Waals surface area contributed by atoms with Gasteiger partial charge in [-0.15, -0.1) is 0 Å². The van der Waals surface area contributed by atoms with E-state index in [0.29, 0.717) is 11.4 Å². The van der Waals surface area contributed by atoms with Gasteiger partial charge in [0.05, 0.1) is 0 Å². The van der Waals surface area contributed by atoms with Crippen LogP contribution < -0.4 is 5.84 Å². The Labute approximate surface area is 204 Å². The van der Waals surface area contributed by atoms with Crippen LogP contribution in [-0.2, 0) is 9.47 Å². The van der Waals surface area contributed by atoms with Gasteiger partial charge in [-0.25, -0.2) is 9.59 Å². The van der Waals surface area contributed by atoms with Crippen LogP contribution in [0.25, 0.3) is 0 Å². The lowest BCUT2D eigenvalue weighted by molar-refractivity contribution is 0.0532. The number of aromatic amines is 1. The summed E-state index contributed by atoms with van der Waals surface area (Å²) < 4.78 is 10.7. The summed E-state index contributed by atoms with van der Waals surface area (Å²) in [5, 5.41) is 0. The molecule has 0 saturated carbocycles. The van der Waals surface area contributed by atoms with E-state index in [4.69, 9.17) is 46.3 Å². The zero-order chi connectivity index (χ0) is 26.2. The smallest absolute Gasteiger partial charge is 0.357 e. The summed E-state index contributed by atoms with van der Waals surface area (Å²) in [6.45, 7) is 15.3. The summed E-state index contributed by atoms with van der Waals surface area (Å²) >= 11 is 0. The Balaban J connectivity index is -0.000000396.